The predicted octanol–water partition coefficient (Wildman–Crippen LogP) is 2.73. The van der Waals surface area contributed by atoms with E-state index < -0.39 is 0 Å². The molecule has 0 radical (unpaired) electrons. The number of hydrogen-bond donors (Lipinski definition) is 1. The van der Waals surface area contributed by atoms with E-state index in [2.05, 4.69) is 49.9 Å². The van der Waals surface area contributed by atoms with E-state index in [-0.39, 0.29) is 0 Å². The summed E-state index contributed by atoms with van der Waals surface area (Å²) < 4.78 is 0. The molecule has 0 bridgehead atoms. The zero-order valence-electron chi connectivity index (χ0n) is 11.2. The third-order valence-electron chi connectivity index (χ3n) is 3.99. The van der Waals surface area contributed by atoms with Crippen molar-refractivity contribution in [1.82, 2.24) is 4.90 Å². The van der Waals surface area contributed by atoms with Gasteiger partial charge in [0.2, 0.25) is 0 Å². The number of aryl methyl sites for hydroxylation is 1. The maximum absolute atomic E-state index is 6.12. The Hall–Kier alpha value is -0.860. The van der Waals surface area contributed by atoms with Gasteiger partial charge in [0.1, 0.15) is 0 Å². The summed E-state index contributed by atoms with van der Waals surface area (Å²) in [4.78, 5) is 2.54. The van der Waals surface area contributed by atoms with E-state index in [9.17, 15) is 0 Å². The fourth-order valence-corrected chi connectivity index (χ4v) is 2.78. The maximum atomic E-state index is 6.12. The zero-order chi connectivity index (χ0) is 12.4. The first-order valence-electron chi connectivity index (χ1n) is 6.68. The lowest BCUT2D eigenvalue weighted by atomic mass is 10.0. The fourth-order valence-electron chi connectivity index (χ4n) is 2.78. The molecule has 3 atom stereocenters. The van der Waals surface area contributed by atoms with Crippen LogP contribution in [0.5, 0.6) is 0 Å². The van der Waals surface area contributed by atoms with E-state index in [1.807, 2.05) is 0 Å². The van der Waals surface area contributed by atoms with Crippen molar-refractivity contribution in [2.45, 2.75) is 39.3 Å². The van der Waals surface area contributed by atoms with Crippen LogP contribution in [0.2, 0.25) is 0 Å². The Labute approximate surface area is 105 Å². The molecule has 1 heterocycles. The Morgan fingerprint density at radius 2 is 1.94 bits per heavy atom. The highest BCUT2D eigenvalue weighted by molar-refractivity contribution is 5.24. The fraction of sp³-hybridized carbons (Fsp3) is 0.600. The van der Waals surface area contributed by atoms with E-state index >= 15 is 0 Å². The molecule has 1 aliphatic heterocycles. The highest BCUT2D eigenvalue weighted by Crippen LogP contribution is 2.29. The molecule has 0 saturated carbocycles. The summed E-state index contributed by atoms with van der Waals surface area (Å²) in [5, 5.41) is 0. The predicted molar refractivity (Wildman–Crippen MR) is 72.9 cm³/mol. The summed E-state index contributed by atoms with van der Waals surface area (Å²) >= 11 is 0. The number of nitrogens with two attached hydrogens (primary N) is 1. The first-order chi connectivity index (χ1) is 8.11. The van der Waals surface area contributed by atoms with Crippen molar-refractivity contribution in [1.29, 1.82) is 0 Å². The molecule has 2 rings (SSSR count). The van der Waals surface area contributed by atoms with Crippen molar-refractivity contribution in [2.24, 2.45) is 11.7 Å². The summed E-state index contributed by atoms with van der Waals surface area (Å²) in [6, 6.07) is 9.81. The standard InChI is InChI=1S/C15H24N2/c1-4-15(13-7-5-11(2)6-8-13)17-9-12(3)14(16)10-17/h5-8,12,14-15H,4,9-10,16H2,1-3H3. The van der Waals surface area contributed by atoms with E-state index in [4.69, 9.17) is 5.73 Å². The molecule has 1 aliphatic rings. The van der Waals surface area contributed by atoms with E-state index in [0.29, 0.717) is 18.0 Å². The van der Waals surface area contributed by atoms with Crippen molar-refractivity contribution in [3.8, 4) is 0 Å². The average Bonchev–Trinajstić information content (AvgIpc) is 2.63. The number of nitrogens with zero attached hydrogens (tertiary/aromatic N) is 1. The van der Waals surface area contributed by atoms with Crippen LogP contribution in [0.25, 0.3) is 0 Å². The van der Waals surface area contributed by atoms with Gasteiger partial charge in [-0.3, -0.25) is 4.90 Å². The molecular weight excluding hydrogens is 208 g/mol. The highest BCUT2D eigenvalue weighted by atomic mass is 15.2. The summed E-state index contributed by atoms with van der Waals surface area (Å²) in [7, 11) is 0. The van der Waals surface area contributed by atoms with Crippen molar-refractivity contribution >= 4 is 0 Å². The molecule has 94 valence electrons. The first-order valence-corrected chi connectivity index (χ1v) is 6.68. The second kappa shape index (κ2) is 5.19. The molecule has 1 saturated heterocycles. The van der Waals surface area contributed by atoms with Gasteiger partial charge in [-0.05, 0) is 24.8 Å². The van der Waals surface area contributed by atoms with Gasteiger partial charge in [0.25, 0.3) is 0 Å². The molecule has 0 aromatic heterocycles. The monoisotopic (exact) mass is 232 g/mol. The molecular formula is C15H24N2. The first kappa shape index (κ1) is 12.6. The molecule has 1 fully saturated rings. The minimum absolute atomic E-state index is 0.342. The number of likely N-dealkylation sites (tertiary alicyclic amines) is 1. The van der Waals surface area contributed by atoms with Gasteiger partial charge in [-0.15, -0.1) is 0 Å². The van der Waals surface area contributed by atoms with Crippen LogP contribution in [-0.4, -0.2) is 24.0 Å². The Morgan fingerprint density at radius 3 is 2.41 bits per heavy atom. The molecule has 1 aromatic rings. The molecule has 0 spiro atoms. The number of benzene rings is 1. The van der Waals surface area contributed by atoms with Crippen LogP contribution in [0.1, 0.15) is 37.4 Å². The van der Waals surface area contributed by atoms with Crippen molar-refractivity contribution < 1.29 is 0 Å². The quantitative estimate of drug-likeness (QED) is 0.868. The van der Waals surface area contributed by atoms with Crippen molar-refractivity contribution in [3.05, 3.63) is 35.4 Å². The lowest BCUT2D eigenvalue weighted by Gasteiger charge is -2.27. The molecule has 17 heavy (non-hydrogen) atoms. The minimum atomic E-state index is 0.342. The van der Waals surface area contributed by atoms with Gasteiger partial charge in [-0.25, -0.2) is 0 Å². The molecule has 2 nitrogen and oxygen atoms in total. The Balaban J connectivity index is 2.14. The Bertz CT molecular complexity index is 348. The van der Waals surface area contributed by atoms with Gasteiger partial charge in [0.15, 0.2) is 0 Å². The maximum Gasteiger partial charge on any atom is 0.0346 e. The van der Waals surface area contributed by atoms with Gasteiger partial charge < -0.3 is 5.73 Å². The summed E-state index contributed by atoms with van der Waals surface area (Å²) in [6.07, 6.45) is 1.16. The highest BCUT2D eigenvalue weighted by Gasteiger charge is 2.31. The van der Waals surface area contributed by atoms with Gasteiger partial charge >= 0.3 is 0 Å². The third-order valence-corrected chi connectivity index (χ3v) is 3.99. The molecule has 0 aliphatic carbocycles. The molecule has 1 aromatic carbocycles. The SMILES string of the molecule is CCC(c1ccc(C)cc1)N1CC(C)C(N)C1. The Kier molecular flexibility index (Phi) is 3.85. The summed E-state index contributed by atoms with van der Waals surface area (Å²) in [5.41, 5.74) is 8.88. The van der Waals surface area contributed by atoms with Crippen molar-refractivity contribution in [2.75, 3.05) is 13.1 Å². The number of rotatable bonds is 3. The van der Waals surface area contributed by atoms with Crippen LogP contribution in [0.4, 0.5) is 0 Å². The molecule has 3 unspecified atom stereocenters. The lowest BCUT2D eigenvalue weighted by Crippen LogP contribution is -2.30. The third kappa shape index (κ3) is 2.70. The van der Waals surface area contributed by atoms with Crippen LogP contribution in [0.3, 0.4) is 0 Å². The van der Waals surface area contributed by atoms with Crippen LogP contribution in [0, 0.1) is 12.8 Å². The topological polar surface area (TPSA) is 29.3 Å². The average molecular weight is 232 g/mol. The zero-order valence-corrected chi connectivity index (χ0v) is 11.2. The van der Waals surface area contributed by atoms with Crippen LogP contribution < -0.4 is 5.73 Å². The van der Waals surface area contributed by atoms with E-state index in [1.165, 1.54) is 11.1 Å². The lowest BCUT2D eigenvalue weighted by molar-refractivity contribution is 0.231. The van der Waals surface area contributed by atoms with Crippen LogP contribution >= 0.6 is 0 Å². The second-order valence-electron chi connectivity index (χ2n) is 5.43. The smallest absolute Gasteiger partial charge is 0.0346 e. The van der Waals surface area contributed by atoms with Crippen LogP contribution in [-0.2, 0) is 0 Å². The molecule has 2 N–H and O–H groups in total. The van der Waals surface area contributed by atoms with Gasteiger partial charge in [0, 0.05) is 25.2 Å². The normalized spacial score (nSPS) is 27.3. The number of hydrogen-bond acceptors (Lipinski definition) is 2. The van der Waals surface area contributed by atoms with Gasteiger partial charge in [-0.1, -0.05) is 43.7 Å². The Morgan fingerprint density at radius 1 is 1.29 bits per heavy atom. The van der Waals surface area contributed by atoms with Crippen LogP contribution in [0.15, 0.2) is 24.3 Å². The van der Waals surface area contributed by atoms with E-state index in [1.54, 1.807) is 0 Å². The van der Waals surface area contributed by atoms with Crippen molar-refractivity contribution in [3.63, 3.8) is 0 Å². The second-order valence-corrected chi connectivity index (χ2v) is 5.43. The molecule has 0 amide bonds. The summed E-state index contributed by atoms with van der Waals surface area (Å²) in [6.45, 7) is 8.82. The van der Waals surface area contributed by atoms with Gasteiger partial charge in [-0.2, -0.15) is 0 Å². The summed E-state index contributed by atoms with van der Waals surface area (Å²) in [5.74, 6) is 0.620. The minimum Gasteiger partial charge on any atom is -0.326 e. The van der Waals surface area contributed by atoms with E-state index in [0.717, 1.165) is 19.5 Å². The van der Waals surface area contributed by atoms with Gasteiger partial charge in [0.05, 0.1) is 0 Å². The largest absolute Gasteiger partial charge is 0.326 e. The molecule has 2 heteroatoms.